The third-order valence-electron chi connectivity index (χ3n) is 2.39. The molecule has 1 N–H and O–H groups in total. The number of aromatic nitrogens is 1. The average molecular weight is 166 g/mol. The van der Waals surface area contributed by atoms with Gasteiger partial charge in [-0.15, -0.1) is 0 Å². The monoisotopic (exact) mass is 166 g/mol. The van der Waals surface area contributed by atoms with Crippen molar-refractivity contribution in [3.05, 3.63) is 17.5 Å². The zero-order valence-corrected chi connectivity index (χ0v) is 7.34. The summed E-state index contributed by atoms with van der Waals surface area (Å²) in [6.45, 7) is 4.17. The first kappa shape index (κ1) is 7.80. The van der Waals surface area contributed by atoms with E-state index < -0.39 is 0 Å². The first-order valence-corrected chi connectivity index (χ1v) is 4.50. The topological polar surface area (TPSA) is 38.1 Å². The fourth-order valence-electron chi connectivity index (χ4n) is 1.68. The maximum Gasteiger partial charge on any atom is 0.140 e. The van der Waals surface area contributed by atoms with E-state index in [1.165, 1.54) is 12.8 Å². The van der Waals surface area contributed by atoms with Gasteiger partial charge in [0.2, 0.25) is 0 Å². The van der Waals surface area contributed by atoms with Gasteiger partial charge in [-0.2, -0.15) is 0 Å². The Morgan fingerprint density at radius 1 is 1.50 bits per heavy atom. The van der Waals surface area contributed by atoms with Gasteiger partial charge in [-0.1, -0.05) is 5.16 Å². The summed E-state index contributed by atoms with van der Waals surface area (Å²) in [5.74, 6) is 1.65. The molecular weight excluding hydrogens is 152 g/mol. The molecule has 1 aromatic rings. The van der Waals surface area contributed by atoms with E-state index in [1.54, 1.807) is 0 Å². The highest BCUT2D eigenvalue weighted by Crippen LogP contribution is 2.25. The van der Waals surface area contributed by atoms with E-state index in [1.807, 2.05) is 6.92 Å². The molecule has 2 heterocycles. The Bertz CT molecular complexity index is 251. The van der Waals surface area contributed by atoms with Gasteiger partial charge in [-0.25, -0.2) is 0 Å². The number of hydrogen-bond donors (Lipinski definition) is 1. The molecule has 12 heavy (non-hydrogen) atoms. The number of rotatable bonds is 1. The van der Waals surface area contributed by atoms with Crippen LogP contribution in [0.3, 0.4) is 0 Å². The van der Waals surface area contributed by atoms with Gasteiger partial charge in [-0.05, 0) is 32.9 Å². The first-order valence-electron chi connectivity index (χ1n) is 4.50. The van der Waals surface area contributed by atoms with Crippen LogP contribution in [0.25, 0.3) is 0 Å². The summed E-state index contributed by atoms with van der Waals surface area (Å²) in [7, 11) is 0. The third-order valence-corrected chi connectivity index (χ3v) is 2.39. The molecule has 66 valence electrons. The van der Waals surface area contributed by atoms with Crippen molar-refractivity contribution < 1.29 is 4.52 Å². The van der Waals surface area contributed by atoms with Crippen molar-refractivity contribution in [2.24, 2.45) is 0 Å². The van der Waals surface area contributed by atoms with Crippen LogP contribution in [0, 0.1) is 6.92 Å². The van der Waals surface area contributed by atoms with Crippen molar-refractivity contribution in [1.82, 2.24) is 10.5 Å². The van der Waals surface area contributed by atoms with Crippen molar-refractivity contribution in [2.75, 3.05) is 13.1 Å². The molecule has 0 aliphatic carbocycles. The molecule has 3 heteroatoms. The molecule has 0 spiro atoms. The summed E-state index contributed by atoms with van der Waals surface area (Å²) in [5, 5.41) is 7.23. The van der Waals surface area contributed by atoms with Gasteiger partial charge in [0.15, 0.2) is 0 Å². The largest absolute Gasteiger partial charge is 0.361 e. The third kappa shape index (κ3) is 1.50. The molecule has 0 radical (unpaired) electrons. The highest BCUT2D eigenvalue weighted by atomic mass is 16.5. The number of piperidine rings is 1. The molecule has 1 aliphatic rings. The minimum absolute atomic E-state index is 0.590. The molecule has 0 unspecified atom stereocenters. The summed E-state index contributed by atoms with van der Waals surface area (Å²) in [6.07, 6.45) is 2.35. The van der Waals surface area contributed by atoms with Crippen LogP contribution >= 0.6 is 0 Å². The summed E-state index contributed by atoms with van der Waals surface area (Å²) in [4.78, 5) is 0. The van der Waals surface area contributed by atoms with Crippen molar-refractivity contribution in [3.8, 4) is 0 Å². The zero-order chi connectivity index (χ0) is 8.39. The summed E-state index contributed by atoms with van der Waals surface area (Å²) < 4.78 is 5.23. The lowest BCUT2D eigenvalue weighted by Crippen LogP contribution is -2.26. The number of nitrogens with one attached hydrogen (secondary N) is 1. The lowest BCUT2D eigenvalue weighted by molar-refractivity contribution is 0.326. The van der Waals surface area contributed by atoms with Gasteiger partial charge in [0.25, 0.3) is 0 Å². The molecule has 0 amide bonds. The van der Waals surface area contributed by atoms with Crippen LogP contribution in [0.1, 0.15) is 30.2 Å². The van der Waals surface area contributed by atoms with E-state index in [4.69, 9.17) is 4.52 Å². The molecule has 2 rings (SSSR count). The lowest BCUT2D eigenvalue weighted by atomic mass is 9.95. The fourth-order valence-corrected chi connectivity index (χ4v) is 1.68. The summed E-state index contributed by atoms with van der Waals surface area (Å²) in [5.41, 5.74) is 0.989. The normalized spacial score (nSPS) is 19.8. The summed E-state index contributed by atoms with van der Waals surface area (Å²) in [6, 6.07) is 2.05. The van der Waals surface area contributed by atoms with Gasteiger partial charge < -0.3 is 9.84 Å². The molecular formula is C9H14N2O. The van der Waals surface area contributed by atoms with Crippen molar-refractivity contribution in [3.63, 3.8) is 0 Å². The molecule has 0 saturated carbocycles. The highest BCUT2D eigenvalue weighted by Gasteiger charge is 2.18. The molecule has 0 bridgehead atoms. The van der Waals surface area contributed by atoms with Crippen molar-refractivity contribution in [2.45, 2.75) is 25.7 Å². The van der Waals surface area contributed by atoms with E-state index in [0.29, 0.717) is 5.92 Å². The second-order valence-electron chi connectivity index (χ2n) is 3.39. The van der Waals surface area contributed by atoms with Gasteiger partial charge in [-0.3, -0.25) is 0 Å². The smallest absolute Gasteiger partial charge is 0.140 e. The Morgan fingerprint density at radius 2 is 2.25 bits per heavy atom. The Labute approximate surface area is 72.1 Å². The molecule has 1 fully saturated rings. The van der Waals surface area contributed by atoms with Gasteiger partial charge in [0.1, 0.15) is 5.76 Å². The Morgan fingerprint density at radius 3 is 2.83 bits per heavy atom. The molecule has 1 aromatic heterocycles. The van der Waals surface area contributed by atoms with E-state index >= 15 is 0 Å². The van der Waals surface area contributed by atoms with Gasteiger partial charge >= 0.3 is 0 Å². The molecule has 1 saturated heterocycles. The van der Waals surface area contributed by atoms with Crippen LogP contribution in [0.5, 0.6) is 0 Å². The molecule has 3 nitrogen and oxygen atoms in total. The zero-order valence-electron chi connectivity index (χ0n) is 7.34. The van der Waals surface area contributed by atoms with E-state index in [0.717, 1.165) is 24.5 Å². The van der Waals surface area contributed by atoms with Crippen molar-refractivity contribution >= 4 is 0 Å². The molecule has 0 aromatic carbocycles. The Kier molecular flexibility index (Phi) is 2.13. The van der Waals surface area contributed by atoms with Crippen LogP contribution in [0.4, 0.5) is 0 Å². The van der Waals surface area contributed by atoms with Crippen molar-refractivity contribution in [1.29, 1.82) is 0 Å². The molecule has 1 aliphatic heterocycles. The highest BCUT2D eigenvalue weighted by molar-refractivity contribution is 5.09. The van der Waals surface area contributed by atoms with Crippen LogP contribution in [0.2, 0.25) is 0 Å². The predicted molar refractivity (Wildman–Crippen MR) is 46.1 cm³/mol. The van der Waals surface area contributed by atoms with Crippen LogP contribution in [-0.2, 0) is 0 Å². The van der Waals surface area contributed by atoms with Crippen LogP contribution in [0.15, 0.2) is 10.6 Å². The Hall–Kier alpha value is -0.830. The Balaban J connectivity index is 2.08. The lowest BCUT2D eigenvalue weighted by Gasteiger charge is -2.19. The average Bonchev–Trinajstić information content (AvgIpc) is 2.54. The SMILES string of the molecule is Cc1cc(C2CCNCC2)on1. The van der Waals surface area contributed by atoms with Gasteiger partial charge in [0.05, 0.1) is 5.69 Å². The van der Waals surface area contributed by atoms with E-state index in [9.17, 15) is 0 Å². The quantitative estimate of drug-likeness (QED) is 0.686. The van der Waals surface area contributed by atoms with E-state index in [-0.39, 0.29) is 0 Å². The standard InChI is InChI=1S/C9H14N2O/c1-7-6-9(12-11-7)8-2-4-10-5-3-8/h6,8,10H,2-5H2,1H3. The first-order chi connectivity index (χ1) is 5.86. The number of aryl methyl sites for hydroxylation is 1. The predicted octanol–water partition coefficient (Wildman–Crippen LogP) is 1.45. The minimum Gasteiger partial charge on any atom is -0.361 e. The van der Waals surface area contributed by atoms with Crippen LogP contribution in [-0.4, -0.2) is 18.2 Å². The van der Waals surface area contributed by atoms with E-state index in [2.05, 4.69) is 16.5 Å². The minimum atomic E-state index is 0.590. The maximum atomic E-state index is 5.23. The maximum absolute atomic E-state index is 5.23. The van der Waals surface area contributed by atoms with Gasteiger partial charge in [0, 0.05) is 12.0 Å². The number of nitrogens with zero attached hydrogens (tertiary/aromatic N) is 1. The summed E-state index contributed by atoms with van der Waals surface area (Å²) >= 11 is 0. The number of hydrogen-bond acceptors (Lipinski definition) is 3. The second-order valence-corrected chi connectivity index (χ2v) is 3.39. The fraction of sp³-hybridized carbons (Fsp3) is 0.667. The second kappa shape index (κ2) is 3.27. The molecule has 0 atom stereocenters. The van der Waals surface area contributed by atoms with Crippen LogP contribution < -0.4 is 5.32 Å².